The van der Waals surface area contributed by atoms with E-state index in [0.29, 0.717) is 18.8 Å². The number of ketones is 2. The van der Waals surface area contributed by atoms with E-state index in [4.69, 9.17) is 0 Å². The molecule has 0 heterocycles. The third kappa shape index (κ3) is 2.07. The summed E-state index contributed by atoms with van der Waals surface area (Å²) in [5.74, 6) is -0.00780. The van der Waals surface area contributed by atoms with E-state index in [1.165, 1.54) is 5.57 Å². The molecule has 0 amide bonds. The first-order chi connectivity index (χ1) is 12.2. The third-order valence-corrected chi connectivity index (χ3v) is 8.71. The average Bonchev–Trinajstić information content (AvgIpc) is 2.83. The third-order valence-electron chi connectivity index (χ3n) is 8.71. The largest absolute Gasteiger partial charge is 0.388 e. The second kappa shape index (κ2) is 5.71. The molecule has 0 saturated heterocycles. The maximum atomic E-state index is 15.0. The minimum Gasteiger partial charge on any atom is -0.388 e. The first-order valence-electron chi connectivity index (χ1n) is 9.93. The Morgan fingerprint density at radius 1 is 1.23 bits per heavy atom. The molecule has 144 valence electrons. The molecule has 0 unspecified atom stereocenters. The summed E-state index contributed by atoms with van der Waals surface area (Å²) in [6, 6.07) is 0. The summed E-state index contributed by atoms with van der Waals surface area (Å²) in [5.41, 5.74) is -1.67. The van der Waals surface area contributed by atoms with Crippen molar-refractivity contribution in [2.45, 2.75) is 70.6 Å². The van der Waals surface area contributed by atoms with E-state index in [1.807, 2.05) is 13.0 Å². The fourth-order valence-corrected chi connectivity index (χ4v) is 7.15. The van der Waals surface area contributed by atoms with Gasteiger partial charge in [-0.3, -0.25) is 9.59 Å². The van der Waals surface area contributed by atoms with Crippen molar-refractivity contribution >= 4 is 11.6 Å². The summed E-state index contributed by atoms with van der Waals surface area (Å²) in [7, 11) is 0. The van der Waals surface area contributed by atoms with Crippen LogP contribution in [0.1, 0.15) is 58.8 Å². The predicted octanol–water partition coefficient (Wildman–Crippen LogP) is 2.76. The number of fused-ring (bicyclic) bond motifs is 5. The minimum atomic E-state index is -2.07. The topological polar surface area (TPSA) is 74.6 Å². The van der Waals surface area contributed by atoms with Gasteiger partial charge in [0.15, 0.2) is 17.2 Å². The smallest absolute Gasteiger partial charge is 0.193 e. The van der Waals surface area contributed by atoms with Crippen molar-refractivity contribution in [2.24, 2.45) is 28.6 Å². The van der Waals surface area contributed by atoms with Gasteiger partial charge in [0.2, 0.25) is 0 Å². The molecule has 5 heteroatoms. The van der Waals surface area contributed by atoms with Crippen molar-refractivity contribution in [3.63, 3.8) is 0 Å². The molecule has 0 spiro atoms. The van der Waals surface area contributed by atoms with Gasteiger partial charge in [0.1, 0.15) is 12.8 Å². The molecule has 2 N–H and O–H groups in total. The lowest BCUT2D eigenvalue weighted by Gasteiger charge is -2.58. The van der Waals surface area contributed by atoms with Gasteiger partial charge in [-0.05, 0) is 67.8 Å². The molecule has 26 heavy (non-hydrogen) atoms. The number of allylic oxidation sites excluding steroid dienone is 1. The Kier molecular flexibility index (Phi) is 4.02. The monoisotopic (exact) mass is 364 g/mol. The second-order valence-corrected chi connectivity index (χ2v) is 9.48. The van der Waals surface area contributed by atoms with Crippen LogP contribution in [0.4, 0.5) is 4.39 Å². The Morgan fingerprint density at radius 2 is 1.96 bits per heavy atom. The zero-order valence-corrected chi connectivity index (χ0v) is 15.6. The van der Waals surface area contributed by atoms with Gasteiger partial charge in [-0.1, -0.05) is 19.4 Å². The van der Waals surface area contributed by atoms with E-state index in [9.17, 15) is 24.2 Å². The van der Waals surface area contributed by atoms with Crippen molar-refractivity contribution in [1.29, 1.82) is 0 Å². The molecule has 4 aliphatic carbocycles. The van der Waals surface area contributed by atoms with Crippen molar-refractivity contribution < 1.29 is 24.2 Å². The van der Waals surface area contributed by atoms with Gasteiger partial charge in [-0.15, -0.1) is 0 Å². The first kappa shape index (κ1) is 18.3. The highest BCUT2D eigenvalue weighted by molar-refractivity contribution is 5.92. The van der Waals surface area contributed by atoms with Crippen LogP contribution < -0.4 is 0 Å². The molecule has 0 aromatic rings. The molecule has 4 aliphatic rings. The van der Waals surface area contributed by atoms with Crippen molar-refractivity contribution in [2.75, 3.05) is 6.61 Å². The summed E-state index contributed by atoms with van der Waals surface area (Å²) < 4.78 is 15.0. The number of carbonyl (C=O) groups excluding carboxylic acids is 2. The second-order valence-electron chi connectivity index (χ2n) is 9.48. The molecular formula is C21H29FO4. The van der Waals surface area contributed by atoms with E-state index in [0.717, 1.165) is 25.7 Å². The number of hydrogen-bond donors (Lipinski definition) is 2. The van der Waals surface area contributed by atoms with E-state index in [1.54, 1.807) is 0 Å². The van der Waals surface area contributed by atoms with Crippen LogP contribution >= 0.6 is 0 Å². The lowest BCUT2D eigenvalue weighted by atomic mass is 9.46. The van der Waals surface area contributed by atoms with E-state index < -0.39 is 29.6 Å². The predicted molar refractivity (Wildman–Crippen MR) is 94.0 cm³/mol. The van der Waals surface area contributed by atoms with Crippen LogP contribution in [0.2, 0.25) is 0 Å². The quantitative estimate of drug-likeness (QED) is 0.790. The van der Waals surface area contributed by atoms with Crippen molar-refractivity contribution in [3.05, 3.63) is 11.6 Å². The molecule has 4 nitrogen and oxygen atoms in total. The highest BCUT2D eigenvalue weighted by Crippen LogP contribution is 2.68. The fraction of sp³-hybridized carbons (Fsp3) is 0.810. The standard InChI is InChI=1S/C21H29FO4/c1-19-7-5-13(24)9-12(19)3-4-14-15(19)6-8-20(2)16(14)10-17(22)21(20,26)18(25)11-23/h9,14-17,23,26H,3-8,10-11H2,1-2H3/t14-,15+,16+,17-,19+,20+,21+/m1/s1. The highest BCUT2D eigenvalue weighted by Gasteiger charge is 2.70. The summed E-state index contributed by atoms with van der Waals surface area (Å²) in [6.07, 6.45) is 4.97. The molecule has 7 atom stereocenters. The number of aliphatic hydroxyl groups is 2. The van der Waals surface area contributed by atoms with Crippen LogP contribution in [0, 0.1) is 28.6 Å². The zero-order valence-electron chi connectivity index (χ0n) is 15.6. The number of Topliss-reactive ketones (excluding diaryl/α,β-unsaturated/α-hetero) is 1. The van der Waals surface area contributed by atoms with Gasteiger partial charge < -0.3 is 10.2 Å². The van der Waals surface area contributed by atoms with Crippen LogP contribution in [-0.4, -0.2) is 40.2 Å². The van der Waals surface area contributed by atoms with Crippen LogP contribution in [0.3, 0.4) is 0 Å². The molecule has 3 fully saturated rings. The van der Waals surface area contributed by atoms with Crippen LogP contribution in [-0.2, 0) is 9.59 Å². The number of carbonyl (C=O) groups is 2. The van der Waals surface area contributed by atoms with Crippen molar-refractivity contribution in [3.8, 4) is 0 Å². The van der Waals surface area contributed by atoms with Crippen molar-refractivity contribution in [1.82, 2.24) is 0 Å². The highest BCUT2D eigenvalue weighted by atomic mass is 19.1. The summed E-state index contributed by atoms with van der Waals surface area (Å²) >= 11 is 0. The number of aliphatic hydroxyl groups excluding tert-OH is 1. The van der Waals surface area contributed by atoms with Gasteiger partial charge in [-0.25, -0.2) is 4.39 Å². The molecule has 0 radical (unpaired) electrons. The Morgan fingerprint density at radius 3 is 2.65 bits per heavy atom. The van der Waals surface area contributed by atoms with Gasteiger partial charge in [0.25, 0.3) is 0 Å². The van der Waals surface area contributed by atoms with Gasteiger partial charge in [0, 0.05) is 11.8 Å². The number of hydrogen-bond acceptors (Lipinski definition) is 4. The first-order valence-corrected chi connectivity index (χ1v) is 9.93. The van der Waals surface area contributed by atoms with Gasteiger partial charge >= 0.3 is 0 Å². The minimum absolute atomic E-state index is 0.0222. The molecule has 0 bridgehead atoms. The summed E-state index contributed by atoms with van der Waals surface area (Å²) in [6.45, 7) is 3.27. The van der Waals surface area contributed by atoms with E-state index >= 15 is 0 Å². The number of halogens is 1. The number of rotatable bonds is 2. The molecule has 0 aromatic carbocycles. The fourth-order valence-electron chi connectivity index (χ4n) is 7.15. The van der Waals surface area contributed by atoms with Crippen LogP contribution in [0.15, 0.2) is 11.6 Å². The summed E-state index contributed by atoms with van der Waals surface area (Å²) in [4.78, 5) is 24.2. The molecule has 3 saturated carbocycles. The Bertz CT molecular complexity index is 687. The molecule has 0 aromatic heterocycles. The Balaban J connectivity index is 1.71. The van der Waals surface area contributed by atoms with E-state index in [-0.39, 0.29) is 29.5 Å². The molecular weight excluding hydrogens is 335 g/mol. The lowest BCUT2D eigenvalue weighted by molar-refractivity contribution is -0.172. The Labute approximate surface area is 153 Å². The van der Waals surface area contributed by atoms with Gasteiger partial charge in [-0.2, -0.15) is 0 Å². The molecule has 0 aliphatic heterocycles. The SMILES string of the molecule is C[C@]12CCC(=O)C=C1CC[C@@H]1[C@@H]2CC[C@@]2(C)[C@H]1C[C@@H](F)[C@]2(O)C(=O)CO. The van der Waals surface area contributed by atoms with E-state index in [2.05, 4.69) is 6.92 Å². The number of alkyl halides is 1. The van der Waals surface area contributed by atoms with Crippen LogP contribution in [0.25, 0.3) is 0 Å². The van der Waals surface area contributed by atoms with Crippen LogP contribution in [0.5, 0.6) is 0 Å². The summed E-state index contributed by atoms with van der Waals surface area (Å²) in [5, 5.41) is 20.4. The maximum absolute atomic E-state index is 15.0. The maximum Gasteiger partial charge on any atom is 0.193 e. The zero-order chi connectivity index (χ0) is 18.9. The Hall–Kier alpha value is -1.07. The average molecular weight is 364 g/mol. The molecule has 4 rings (SSSR count). The normalized spacial score (nSPS) is 50.5. The lowest BCUT2D eigenvalue weighted by Crippen LogP contribution is -2.60. The van der Waals surface area contributed by atoms with Gasteiger partial charge in [0.05, 0.1) is 0 Å².